The van der Waals surface area contributed by atoms with Crippen molar-refractivity contribution in [3.05, 3.63) is 77.9 Å². The van der Waals surface area contributed by atoms with Crippen LogP contribution >= 0.6 is 0 Å². The number of nitrogens with zero attached hydrogens (tertiary/aromatic N) is 1. The van der Waals surface area contributed by atoms with Crippen LogP contribution in [0.5, 0.6) is 5.75 Å². The lowest BCUT2D eigenvalue weighted by molar-refractivity contribution is 0.186. The van der Waals surface area contributed by atoms with Gasteiger partial charge in [-0.2, -0.15) is 0 Å². The third kappa shape index (κ3) is 2.78. The molecule has 1 unspecified atom stereocenters. The van der Waals surface area contributed by atoms with Crippen LogP contribution in [0.4, 0.5) is 0 Å². The molecule has 2 heteroatoms. The van der Waals surface area contributed by atoms with Crippen molar-refractivity contribution in [3.8, 4) is 5.75 Å². The summed E-state index contributed by atoms with van der Waals surface area (Å²) >= 11 is 0. The molecule has 1 heterocycles. The zero-order valence-electron chi connectivity index (χ0n) is 13.9. The predicted octanol–water partition coefficient (Wildman–Crippen LogP) is 5.12. The summed E-state index contributed by atoms with van der Waals surface area (Å²) in [6.45, 7) is 2.17. The second-order valence-electron chi connectivity index (χ2n) is 6.63. The smallest absolute Gasteiger partial charge is 0.121 e. The van der Waals surface area contributed by atoms with Crippen molar-refractivity contribution >= 4 is 10.8 Å². The highest BCUT2D eigenvalue weighted by Gasteiger charge is 2.27. The Balaban J connectivity index is 1.92. The third-order valence-electron chi connectivity index (χ3n) is 5.09. The van der Waals surface area contributed by atoms with Gasteiger partial charge in [0.05, 0.1) is 6.04 Å². The summed E-state index contributed by atoms with van der Waals surface area (Å²) in [6, 6.07) is 22.9. The van der Waals surface area contributed by atoms with Crippen molar-refractivity contribution in [2.24, 2.45) is 0 Å². The van der Waals surface area contributed by atoms with Crippen molar-refractivity contribution in [1.29, 1.82) is 0 Å². The summed E-state index contributed by atoms with van der Waals surface area (Å²) in [5, 5.41) is 13.1. The van der Waals surface area contributed by atoms with E-state index in [2.05, 4.69) is 59.5 Å². The first-order valence-corrected chi connectivity index (χ1v) is 8.84. The van der Waals surface area contributed by atoms with Crippen LogP contribution < -0.4 is 0 Å². The van der Waals surface area contributed by atoms with Crippen molar-refractivity contribution in [1.82, 2.24) is 4.90 Å². The van der Waals surface area contributed by atoms with Crippen LogP contribution in [0.3, 0.4) is 0 Å². The van der Waals surface area contributed by atoms with Gasteiger partial charge in [0.1, 0.15) is 5.75 Å². The van der Waals surface area contributed by atoms with Crippen LogP contribution in [0.15, 0.2) is 66.7 Å². The van der Waals surface area contributed by atoms with E-state index in [9.17, 15) is 5.11 Å². The molecule has 1 atom stereocenters. The largest absolute Gasteiger partial charge is 0.508 e. The highest BCUT2D eigenvalue weighted by Crippen LogP contribution is 2.40. The summed E-state index contributed by atoms with van der Waals surface area (Å²) in [6.07, 6.45) is 3.77. The number of fused-ring (bicyclic) bond motifs is 1. The van der Waals surface area contributed by atoms with Gasteiger partial charge < -0.3 is 5.11 Å². The minimum atomic E-state index is 0.109. The number of phenols is 1. The molecule has 24 heavy (non-hydrogen) atoms. The molecule has 0 spiro atoms. The summed E-state index contributed by atoms with van der Waals surface area (Å²) < 4.78 is 0. The number of phenolic OH excluding ortho intramolecular Hbond substituents is 1. The number of rotatable bonds is 3. The van der Waals surface area contributed by atoms with E-state index in [4.69, 9.17) is 0 Å². The Kier molecular flexibility index (Phi) is 4.22. The molecular formula is C22H23NO. The number of hydrogen-bond acceptors (Lipinski definition) is 2. The minimum absolute atomic E-state index is 0.109. The van der Waals surface area contributed by atoms with E-state index in [1.807, 2.05) is 12.1 Å². The third-order valence-corrected chi connectivity index (χ3v) is 5.09. The first-order valence-electron chi connectivity index (χ1n) is 8.84. The molecule has 4 rings (SSSR count). The molecule has 0 amide bonds. The van der Waals surface area contributed by atoms with Crippen molar-refractivity contribution in [2.45, 2.75) is 25.3 Å². The summed E-state index contributed by atoms with van der Waals surface area (Å²) in [4.78, 5) is 2.53. The molecule has 0 radical (unpaired) electrons. The van der Waals surface area contributed by atoms with Crippen LogP contribution in [0.25, 0.3) is 10.8 Å². The number of piperidine rings is 1. The van der Waals surface area contributed by atoms with E-state index < -0.39 is 0 Å². The van der Waals surface area contributed by atoms with E-state index in [0.717, 1.165) is 24.0 Å². The van der Waals surface area contributed by atoms with E-state index in [-0.39, 0.29) is 6.04 Å². The van der Waals surface area contributed by atoms with E-state index >= 15 is 0 Å². The lowest BCUT2D eigenvalue weighted by Gasteiger charge is -2.36. The number of likely N-dealkylation sites (tertiary alicyclic amines) is 1. The fourth-order valence-electron chi connectivity index (χ4n) is 3.94. The monoisotopic (exact) mass is 317 g/mol. The topological polar surface area (TPSA) is 23.5 Å². The maximum Gasteiger partial charge on any atom is 0.121 e. The highest BCUT2D eigenvalue weighted by atomic mass is 16.3. The van der Waals surface area contributed by atoms with Gasteiger partial charge >= 0.3 is 0 Å². The Morgan fingerprint density at radius 3 is 2.25 bits per heavy atom. The second kappa shape index (κ2) is 6.66. The summed E-state index contributed by atoms with van der Waals surface area (Å²) in [5.74, 6) is 0.396. The van der Waals surface area contributed by atoms with Crippen molar-refractivity contribution < 1.29 is 5.11 Å². The van der Waals surface area contributed by atoms with Crippen LogP contribution in [0, 0.1) is 0 Å². The lowest BCUT2D eigenvalue weighted by atomic mass is 9.90. The van der Waals surface area contributed by atoms with Crippen LogP contribution in [0.1, 0.15) is 36.4 Å². The molecule has 1 aliphatic rings. The molecule has 122 valence electrons. The fourth-order valence-corrected chi connectivity index (χ4v) is 3.94. The Hall–Kier alpha value is -2.32. The van der Waals surface area contributed by atoms with Gasteiger partial charge in [-0.25, -0.2) is 0 Å². The molecule has 1 fully saturated rings. The maximum atomic E-state index is 10.7. The summed E-state index contributed by atoms with van der Waals surface area (Å²) in [5.41, 5.74) is 2.30. The van der Waals surface area contributed by atoms with Crippen LogP contribution in [-0.2, 0) is 0 Å². The van der Waals surface area contributed by atoms with Gasteiger partial charge in [-0.05, 0) is 48.3 Å². The molecule has 1 saturated heterocycles. The van der Waals surface area contributed by atoms with Crippen molar-refractivity contribution in [3.63, 3.8) is 0 Å². The average molecular weight is 317 g/mol. The van der Waals surface area contributed by atoms with E-state index in [1.54, 1.807) is 0 Å². The first-order chi connectivity index (χ1) is 11.8. The second-order valence-corrected chi connectivity index (χ2v) is 6.63. The van der Waals surface area contributed by atoms with Gasteiger partial charge in [0.15, 0.2) is 0 Å². The van der Waals surface area contributed by atoms with E-state index in [1.165, 1.54) is 30.2 Å². The van der Waals surface area contributed by atoms with Gasteiger partial charge in [-0.3, -0.25) is 4.90 Å². The first kappa shape index (κ1) is 15.2. The number of benzene rings is 3. The van der Waals surface area contributed by atoms with Crippen LogP contribution in [-0.4, -0.2) is 23.1 Å². The molecule has 0 aliphatic carbocycles. The minimum Gasteiger partial charge on any atom is -0.508 e. The van der Waals surface area contributed by atoms with Gasteiger partial charge in [-0.15, -0.1) is 0 Å². The lowest BCUT2D eigenvalue weighted by Crippen LogP contribution is -2.34. The zero-order chi connectivity index (χ0) is 16.4. The molecular weight excluding hydrogens is 294 g/mol. The Bertz CT molecular complexity index is 822. The zero-order valence-corrected chi connectivity index (χ0v) is 13.9. The average Bonchev–Trinajstić information content (AvgIpc) is 2.66. The molecule has 3 aromatic rings. The van der Waals surface area contributed by atoms with Gasteiger partial charge in [0.2, 0.25) is 0 Å². The van der Waals surface area contributed by atoms with Crippen LogP contribution in [0.2, 0.25) is 0 Å². The fraction of sp³-hybridized carbons (Fsp3) is 0.273. The standard InChI is InChI=1S/C22H23NO/c24-20-14-13-17-9-5-6-12-19(17)21(20)22(18-10-3-1-4-11-18)23-15-7-2-8-16-23/h1,3-6,9-14,22,24H,2,7-8,15-16H2. The number of aromatic hydroxyl groups is 1. The SMILES string of the molecule is Oc1ccc2ccccc2c1C(c1ccccc1)N1CCCCC1. The van der Waals surface area contributed by atoms with Gasteiger partial charge in [0.25, 0.3) is 0 Å². The molecule has 2 nitrogen and oxygen atoms in total. The van der Waals surface area contributed by atoms with E-state index in [0.29, 0.717) is 5.75 Å². The maximum absolute atomic E-state index is 10.7. The highest BCUT2D eigenvalue weighted by molar-refractivity contribution is 5.88. The predicted molar refractivity (Wildman–Crippen MR) is 99.3 cm³/mol. The quantitative estimate of drug-likeness (QED) is 0.724. The molecule has 0 saturated carbocycles. The normalized spacial score (nSPS) is 17.0. The Morgan fingerprint density at radius 1 is 0.750 bits per heavy atom. The van der Waals surface area contributed by atoms with Gasteiger partial charge in [-0.1, -0.05) is 67.1 Å². The molecule has 1 N–H and O–H groups in total. The van der Waals surface area contributed by atoms with Crippen molar-refractivity contribution in [2.75, 3.05) is 13.1 Å². The number of hydrogen-bond donors (Lipinski definition) is 1. The molecule has 0 bridgehead atoms. The molecule has 3 aromatic carbocycles. The molecule has 0 aromatic heterocycles. The Morgan fingerprint density at radius 2 is 1.46 bits per heavy atom. The molecule has 1 aliphatic heterocycles. The Labute approximate surface area is 143 Å². The summed E-state index contributed by atoms with van der Waals surface area (Å²) in [7, 11) is 0. The van der Waals surface area contributed by atoms with Gasteiger partial charge in [0, 0.05) is 5.56 Å².